The molecule has 1 aliphatic rings. The molecule has 1 fully saturated rings. The van der Waals surface area contributed by atoms with Crippen LogP contribution < -0.4 is 5.73 Å². The van der Waals surface area contributed by atoms with Crippen molar-refractivity contribution >= 4 is 29.4 Å². The van der Waals surface area contributed by atoms with E-state index in [0.29, 0.717) is 6.54 Å². The van der Waals surface area contributed by atoms with Gasteiger partial charge < -0.3 is 5.73 Å². The van der Waals surface area contributed by atoms with Crippen molar-refractivity contribution < 1.29 is 0 Å². The number of hydrogen-bond acceptors (Lipinski definition) is 2. The Balaban J connectivity index is 2.10. The molecule has 0 heterocycles. The summed E-state index contributed by atoms with van der Waals surface area (Å²) in [6.07, 6.45) is 6.59. The third kappa shape index (κ3) is 3.26. The summed E-state index contributed by atoms with van der Waals surface area (Å²) >= 11 is 8.08. The second kappa shape index (κ2) is 5.06. The van der Waals surface area contributed by atoms with Gasteiger partial charge in [-0.15, -0.1) is 11.8 Å². The molecule has 1 nitrogen and oxygen atoms in total. The summed E-state index contributed by atoms with van der Waals surface area (Å²) in [5.41, 5.74) is 6.51. The van der Waals surface area contributed by atoms with E-state index >= 15 is 0 Å². The van der Waals surface area contributed by atoms with E-state index in [2.05, 4.69) is 12.1 Å². The van der Waals surface area contributed by atoms with Gasteiger partial charge in [-0.1, -0.05) is 29.8 Å². The number of halogens is 1. The topological polar surface area (TPSA) is 26.0 Å². The zero-order valence-electron chi connectivity index (χ0n) is 8.45. The highest BCUT2D eigenvalue weighted by Gasteiger charge is 2.23. The highest BCUT2D eigenvalue weighted by Crippen LogP contribution is 2.41. The highest BCUT2D eigenvalue weighted by atomic mass is 35.5. The molecule has 0 radical (unpaired) electrons. The van der Waals surface area contributed by atoms with Gasteiger partial charge in [0.1, 0.15) is 0 Å². The van der Waals surface area contributed by atoms with Gasteiger partial charge >= 0.3 is 0 Å². The summed E-state index contributed by atoms with van der Waals surface area (Å²) in [6, 6.07) is 6.18. The van der Waals surface area contributed by atoms with Crippen molar-refractivity contribution in [3.8, 4) is 0 Å². The highest BCUT2D eigenvalue weighted by molar-refractivity contribution is 8.00. The molecular weight excluding hydrogens is 226 g/mol. The molecule has 0 aromatic heterocycles. The second-order valence-electron chi connectivity index (χ2n) is 3.65. The fraction of sp³-hybridized carbons (Fsp3) is 0.333. The van der Waals surface area contributed by atoms with Crippen LogP contribution in [0.3, 0.4) is 0 Å². The molecule has 0 atom stereocenters. The molecule has 2 N–H and O–H groups in total. The van der Waals surface area contributed by atoms with Crippen molar-refractivity contribution in [1.29, 1.82) is 0 Å². The minimum Gasteiger partial charge on any atom is -0.327 e. The van der Waals surface area contributed by atoms with E-state index < -0.39 is 0 Å². The van der Waals surface area contributed by atoms with Crippen molar-refractivity contribution in [2.24, 2.45) is 5.73 Å². The number of nitrogens with two attached hydrogens (primary N) is 1. The van der Waals surface area contributed by atoms with Crippen molar-refractivity contribution in [3.05, 3.63) is 34.9 Å². The summed E-state index contributed by atoms with van der Waals surface area (Å²) in [5, 5.41) is 1.65. The normalized spacial score (nSPS) is 16.1. The van der Waals surface area contributed by atoms with Crippen LogP contribution in [0.15, 0.2) is 29.2 Å². The van der Waals surface area contributed by atoms with Crippen LogP contribution in [0.1, 0.15) is 18.4 Å². The lowest BCUT2D eigenvalue weighted by Gasteiger charge is -2.03. The van der Waals surface area contributed by atoms with Crippen LogP contribution in [-0.4, -0.2) is 11.8 Å². The van der Waals surface area contributed by atoms with Crippen molar-refractivity contribution in [1.82, 2.24) is 0 Å². The third-order valence-corrected chi connectivity index (χ3v) is 4.06. The maximum absolute atomic E-state index is 6.19. The molecular formula is C12H14ClNS. The average molecular weight is 240 g/mol. The Morgan fingerprint density at radius 2 is 2.27 bits per heavy atom. The third-order valence-electron chi connectivity index (χ3n) is 2.22. The molecule has 2 rings (SSSR count). The van der Waals surface area contributed by atoms with Gasteiger partial charge in [0, 0.05) is 16.7 Å². The Hall–Kier alpha value is -0.440. The van der Waals surface area contributed by atoms with Gasteiger partial charge in [0.25, 0.3) is 0 Å². The number of hydrogen-bond donors (Lipinski definition) is 1. The minimum absolute atomic E-state index is 0.566. The van der Waals surface area contributed by atoms with Crippen molar-refractivity contribution in [3.63, 3.8) is 0 Å². The quantitative estimate of drug-likeness (QED) is 0.870. The summed E-state index contributed by atoms with van der Waals surface area (Å²) < 4.78 is 0. The van der Waals surface area contributed by atoms with Gasteiger partial charge in [0.2, 0.25) is 0 Å². The van der Waals surface area contributed by atoms with E-state index in [1.807, 2.05) is 30.0 Å². The first-order valence-electron chi connectivity index (χ1n) is 5.12. The zero-order valence-corrected chi connectivity index (χ0v) is 10.0. The Labute approximate surface area is 99.7 Å². The number of benzene rings is 1. The smallest absolute Gasteiger partial charge is 0.0547 e. The summed E-state index contributed by atoms with van der Waals surface area (Å²) in [6.45, 7) is 0.566. The van der Waals surface area contributed by atoms with E-state index in [1.165, 1.54) is 17.7 Å². The van der Waals surface area contributed by atoms with Gasteiger partial charge in [-0.05, 0) is 30.5 Å². The predicted octanol–water partition coefficient (Wildman–Crippen LogP) is 3.57. The minimum atomic E-state index is 0.566. The lowest BCUT2D eigenvalue weighted by atomic mass is 10.2. The molecule has 0 aliphatic heterocycles. The molecule has 0 amide bonds. The molecule has 1 saturated carbocycles. The average Bonchev–Trinajstić information content (AvgIpc) is 3.02. The van der Waals surface area contributed by atoms with Crippen molar-refractivity contribution in [2.75, 3.05) is 6.54 Å². The first-order chi connectivity index (χ1) is 7.29. The number of rotatable bonds is 4. The number of thioether (sulfide) groups is 1. The second-order valence-corrected chi connectivity index (χ2v) is 5.39. The molecule has 1 aromatic rings. The van der Waals surface area contributed by atoms with E-state index in [4.69, 9.17) is 17.3 Å². The van der Waals surface area contributed by atoms with Crippen LogP contribution >= 0.6 is 23.4 Å². The van der Waals surface area contributed by atoms with E-state index in [1.54, 1.807) is 0 Å². The van der Waals surface area contributed by atoms with Gasteiger partial charge in [-0.25, -0.2) is 0 Å². The van der Waals surface area contributed by atoms with Crippen LogP contribution in [0, 0.1) is 0 Å². The van der Waals surface area contributed by atoms with Gasteiger partial charge in [-0.2, -0.15) is 0 Å². The van der Waals surface area contributed by atoms with Crippen LogP contribution in [0.25, 0.3) is 6.08 Å². The molecule has 0 unspecified atom stereocenters. The van der Waals surface area contributed by atoms with Crippen molar-refractivity contribution in [2.45, 2.75) is 23.0 Å². The summed E-state index contributed by atoms with van der Waals surface area (Å²) in [4.78, 5) is 1.20. The van der Waals surface area contributed by atoms with Crippen LogP contribution in [0.5, 0.6) is 0 Å². The summed E-state index contributed by atoms with van der Waals surface area (Å²) in [5.74, 6) is 0. The fourth-order valence-electron chi connectivity index (χ4n) is 1.29. The van der Waals surface area contributed by atoms with E-state index in [0.717, 1.165) is 15.8 Å². The van der Waals surface area contributed by atoms with Crippen LogP contribution in [0.2, 0.25) is 5.02 Å². The first-order valence-corrected chi connectivity index (χ1v) is 6.38. The van der Waals surface area contributed by atoms with E-state index in [-0.39, 0.29) is 0 Å². The lowest BCUT2D eigenvalue weighted by Crippen LogP contribution is -1.91. The Kier molecular flexibility index (Phi) is 3.73. The van der Waals surface area contributed by atoms with Gasteiger partial charge in [0.05, 0.1) is 5.02 Å². The van der Waals surface area contributed by atoms with Crippen LogP contribution in [0.4, 0.5) is 0 Å². The lowest BCUT2D eigenvalue weighted by molar-refractivity contribution is 1.26. The van der Waals surface area contributed by atoms with Crippen LogP contribution in [-0.2, 0) is 0 Å². The Bertz CT molecular complexity index is 372. The molecule has 1 aromatic carbocycles. The molecule has 80 valence electrons. The maximum Gasteiger partial charge on any atom is 0.0547 e. The maximum atomic E-state index is 6.19. The Morgan fingerprint density at radius 3 is 2.87 bits per heavy atom. The largest absolute Gasteiger partial charge is 0.327 e. The van der Waals surface area contributed by atoms with Gasteiger partial charge in [0.15, 0.2) is 0 Å². The monoisotopic (exact) mass is 239 g/mol. The molecule has 15 heavy (non-hydrogen) atoms. The first kappa shape index (κ1) is 11.1. The molecule has 3 heteroatoms. The zero-order chi connectivity index (χ0) is 10.7. The fourth-order valence-corrected chi connectivity index (χ4v) is 2.66. The standard InChI is InChI=1S/C12H14ClNS/c13-11-8-9(2-1-7-14)3-6-12(11)15-10-4-5-10/h1-3,6,8,10H,4-5,7,14H2/b2-1+. The predicted molar refractivity (Wildman–Crippen MR) is 68.4 cm³/mol. The SMILES string of the molecule is NC/C=C/c1ccc(SC2CC2)c(Cl)c1. The Morgan fingerprint density at radius 1 is 1.47 bits per heavy atom. The molecule has 0 spiro atoms. The van der Waals surface area contributed by atoms with E-state index in [9.17, 15) is 0 Å². The molecule has 0 bridgehead atoms. The molecule has 0 saturated heterocycles. The molecule has 1 aliphatic carbocycles. The van der Waals surface area contributed by atoms with Gasteiger partial charge in [-0.3, -0.25) is 0 Å². The summed E-state index contributed by atoms with van der Waals surface area (Å²) in [7, 11) is 0.